The van der Waals surface area contributed by atoms with Crippen LogP contribution in [0.3, 0.4) is 0 Å². The Hall–Kier alpha value is -2.26. The van der Waals surface area contributed by atoms with Crippen LogP contribution in [0.4, 0.5) is 17.2 Å². The summed E-state index contributed by atoms with van der Waals surface area (Å²) in [4.78, 5) is 4.21. The summed E-state index contributed by atoms with van der Waals surface area (Å²) in [6, 6.07) is 15.9. The van der Waals surface area contributed by atoms with Crippen molar-refractivity contribution in [3.8, 4) is 0 Å². The number of anilines is 3. The maximum Gasteiger partial charge on any atom is 0.149 e. The first kappa shape index (κ1) is 11.8. The van der Waals surface area contributed by atoms with Gasteiger partial charge in [0.1, 0.15) is 5.82 Å². The van der Waals surface area contributed by atoms with Crippen molar-refractivity contribution in [3.63, 3.8) is 0 Å². The summed E-state index contributed by atoms with van der Waals surface area (Å²) in [7, 11) is 0. The van der Waals surface area contributed by atoms with E-state index < -0.39 is 0 Å². The zero-order valence-corrected chi connectivity index (χ0v) is 10.9. The topological polar surface area (TPSA) is 50.9 Å². The maximum absolute atomic E-state index is 6.13. The summed E-state index contributed by atoms with van der Waals surface area (Å²) in [6.45, 7) is 0. The molecule has 0 unspecified atom stereocenters. The number of benzene rings is 2. The zero-order valence-electron chi connectivity index (χ0n) is 10.1. The van der Waals surface area contributed by atoms with Gasteiger partial charge in [0.2, 0.25) is 0 Å². The summed E-state index contributed by atoms with van der Waals surface area (Å²) >= 11 is 6.13. The summed E-state index contributed by atoms with van der Waals surface area (Å²) in [5.41, 5.74) is 7.16. The summed E-state index contributed by atoms with van der Waals surface area (Å²) < 4.78 is 0. The molecule has 3 rings (SSSR count). The largest absolute Gasteiger partial charge is 0.397 e. The Kier molecular flexibility index (Phi) is 2.97. The molecule has 3 N–H and O–H groups in total. The lowest BCUT2D eigenvalue weighted by molar-refractivity contribution is 1.31. The minimum Gasteiger partial charge on any atom is -0.397 e. The molecule has 0 aliphatic rings. The van der Waals surface area contributed by atoms with Gasteiger partial charge in [-0.25, -0.2) is 4.98 Å². The van der Waals surface area contributed by atoms with Crippen LogP contribution in [0.2, 0.25) is 5.02 Å². The Morgan fingerprint density at radius 2 is 1.84 bits per heavy atom. The SMILES string of the molecule is Nc1cnc(Nc2cccc3ccccc23)c(Cl)c1. The fourth-order valence-electron chi connectivity index (χ4n) is 2.01. The minimum atomic E-state index is 0.507. The van der Waals surface area contributed by atoms with Crippen molar-refractivity contribution in [2.24, 2.45) is 0 Å². The van der Waals surface area contributed by atoms with Gasteiger partial charge in [-0.2, -0.15) is 0 Å². The fourth-order valence-corrected chi connectivity index (χ4v) is 2.23. The highest BCUT2D eigenvalue weighted by Gasteiger charge is 2.05. The van der Waals surface area contributed by atoms with Crippen molar-refractivity contribution < 1.29 is 0 Å². The average Bonchev–Trinajstić information content (AvgIpc) is 2.42. The maximum atomic E-state index is 6.13. The van der Waals surface area contributed by atoms with Gasteiger partial charge in [0.25, 0.3) is 0 Å². The molecule has 3 aromatic rings. The lowest BCUT2D eigenvalue weighted by Gasteiger charge is -2.10. The Bertz CT molecular complexity index is 735. The number of halogens is 1. The lowest BCUT2D eigenvalue weighted by atomic mass is 10.1. The zero-order chi connectivity index (χ0) is 13.2. The van der Waals surface area contributed by atoms with Crippen LogP contribution in [-0.4, -0.2) is 4.98 Å². The molecule has 0 aliphatic carbocycles. The summed E-state index contributed by atoms with van der Waals surface area (Å²) in [6.07, 6.45) is 1.58. The molecule has 1 aromatic heterocycles. The van der Waals surface area contributed by atoms with Crippen LogP contribution < -0.4 is 11.1 Å². The molecule has 0 fully saturated rings. The van der Waals surface area contributed by atoms with E-state index in [1.165, 1.54) is 5.39 Å². The van der Waals surface area contributed by atoms with Crippen molar-refractivity contribution in [2.45, 2.75) is 0 Å². The predicted molar refractivity (Wildman–Crippen MR) is 80.9 cm³/mol. The van der Waals surface area contributed by atoms with Crippen molar-refractivity contribution in [3.05, 3.63) is 59.8 Å². The Balaban J connectivity index is 2.06. The standard InChI is InChI=1S/C15H12ClN3/c16-13-8-11(17)9-18-15(13)19-14-7-3-5-10-4-1-2-6-12(10)14/h1-9H,17H2,(H,18,19). The van der Waals surface area contributed by atoms with Gasteiger partial charge < -0.3 is 11.1 Å². The predicted octanol–water partition coefficient (Wildman–Crippen LogP) is 4.21. The van der Waals surface area contributed by atoms with E-state index in [4.69, 9.17) is 17.3 Å². The smallest absolute Gasteiger partial charge is 0.149 e. The molecule has 0 spiro atoms. The van der Waals surface area contributed by atoms with Crippen LogP contribution in [-0.2, 0) is 0 Å². The molecular formula is C15H12ClN3. The van der Waals surface area contributed by atoms with Crippen LogP contribution in [0, 0.1) is 0 Å². The summed E-state index contributed by atoms with van der Waals surface area (Å²) in [5, 5.41) is 6.04. The van der Waals surface area contributed by atoms with Crippen LogP contribution in [0.5, 0.6) is 0 Å². The second-order valence-corrected chi connectivity index (χ2v) is 4.66. The Morgan fingerprint density at radius 3 is 2.68 bits per heavy atom. The number of hydrogen-bond acceptors (Lipinski definition) is 3. The molecule has 1 heterocycles. The van der Waals surface area contributed by atoms with Gasteiger partial charge in [-0.1, -0.05) is 48.0 Å². The number of nitrogens with zero attached hydrogens (tertiary/aromatic N) is 1. The molecule has 0 saturated carbocycles. The van der Waals surface area contributed by atoms with Gasteiger partial charge in [0.15, 0.2) is 0 Å². The van der Waals surface area contributed by atoms with E-state index in [0.717, 1.165) is 11.1 Å². The van der Waals surface area contributed by atoms with Crippen molar-refractivity contribution in [1.82, 2.24) is 4.98 Å². The molecule has 0 amide bonds. The van der Waals surface area contributed by atoms with Crippen molar-refractivity contribution in [1.29, 1.82) is 0 Å². The quantitative estimate of drug-likeness (QED) is 0.732. The van der Waals surface area contributed by atoms with E-state index in [1.54, 1.807) is 12.3 Å². The summed E-state index contributed by atoms with van der Waals surface area (Å²) in [5.74, 6) is 0.604. The van der Waals surface area contributed by atoms with Crippen molar-refractivity contribution in [2.75, 3.05) is 11.1 Å². The van der Waals surface area contributed by atoms with E-state index in [2.05, 4.69) is 28.5 Å². The van der Waals surface area contributed by atoms with Gasteiger partial charge in [-0.3, -0.25) is 0 Å². The molecule has 0 aliphatic heterocycles. The first-order valence-corrected chi connectivity index (χ1v) is 6.27. The van der Waals surface area contributed by atoms with Gasteiger partial charge >= 0.3 is 0 Å². The average molecular weight is 270 g/mol. The highest BCUT2D eigenvalue weighted by molar-refractivity contribution is 6.33. The molecule has 19 heavy (non-hydrogen) atoms. The van der Waals surface area contributed by atoms with Crippen LogP contribution >= 0.6 is 11.6 Å². The normalized spacial score (nSPS) is 10.6. The number of nitrogens with one attached hydrogen (secondary N) is 1. The van der Waals surface area contributed by atoms with Crippen LogP contribution in [0.15, 0.2) is 54.7 Å². The van der Waals surface area contributed by atoms with Gasteiger partial charge in [-0.05, 0) is 17.5 Å². The van der Waals surface area contributed by atoms with Gasteiger partial charge in [-0.15, -0.1) is 0 Å². The number of nitrogens with two attached hydrogens (primary N) is 1. The molecule has 94 valence electrons. The Labute approximate surface area is 116 Å². The van der Waals surface area contributed by atoms with Crippen LogP contribution in [0.25, 0.3) is 10.8 Å². The highest BCUT2D eigenvalue weighted by atomic mass is 35.5. The fraction of sp³-hybridized carbons (Fsp3) is 0. The Morgan fingerprint density at radius 1 is 1.05 bits per heavy atom. The lowest BCUT2D eigenvalue weighted by Crippen LogP contribution is -1.96. The molecule has 0 atom stereocenters. The van der Waals surface area contributed by atoms with E-state index >= 15 is 0 Å². The third kappa shape index (κ3) is 2.33. The second-order valence-electron chi connectivity index (χ2n) is 4.25. The molecule has 0 bridgehead atoms. The number of fused-ring (bicyclic) bond motifs is 1. The highest BCUT2D eigenvalue weighted by Crippen LogP contribution is 2.29. The van der Waals surface area contributed by atoms with Gasteiger partial charge in [0, 0.05) is 11.1 Å². The molecular weight excluding hydrogens is 258 g/mol. The van der Waals surface area contributed by atoms with E-state index in [0.29, 0.717) is 16.5 Å². The minimum absolute atomic E-state index is 0.507. The van der Waals surface area contributed by atoms with E-state index in [9.17, 15) is 0 Å². The van der Waals surface area contributed by atoms with Gasteiger partial charge in [0.05, 0.1) is 16.9 Å². The third-order valence-corrected chi connectivity index (χ3v) is 3.19. The number of aromatic nitrogens is 1. The molecule has 0 saturated heterocycles. The molecule has 0 radical (unpaired) electrons. The molecule has 4 heteroatoms. The first-order chi connectivity index (χ1) is 9.24. The third-order valence-electron chi connectivity index (χ3n) is 2.91. The molecule has 3 nitrogen and oxygen atoms in total. The first-order valence-electron chi connectivity index (χ1n) is 5.90. The van der Waals surface area contributed by atoms with E-state index in [-0.39, 0.29) is 0 Å². The number of rotatable bonds is 2. The number of hydrogen-bond donors (Lipinski definition) is 2. The monoisotopic (exact) mass is 269 g/mol. The van der Waals surface area contributed by atoms with E-state index in [1.807, 2.05) is 24.3 Å². The number of nitrogen functional groups attached to an aromatic ring is 1. The molecule has 2 aromatic carbocycles. The van der Waals surface area contributed by atoms with Crippen LogP contribution in [0.1, 0.15) is 0 Å². The second kappa shape index (κ2) is 4.78. The van der Waals surface area contributed by atoms with Crippen molar-refractivity contribution >= 4 is 39.6 Å². The number of pyridine rings is 1.